The van der Waals surface area contributed by atoms with Gasteiger partial charge in [0.1, 0.15) is 18.1 Å². The Labute approximate surface area is 143 Å². The largest absolute Gasteiger partial charge is 0.497 e. The fourth-order valence-electron chi connectivity index (χ4n) is 2.34. The first-order valence-corrected chi connectivity index (χ1v) is 8.24. The van der Waals surface area contributed by atoms with Crippen molar-refractivity contribution in [3.8, 4) is 11.5 Å². The lowest BCUT2D eigenvalue weighted by Crippen LogP contribution is -2.37. The Morgan fingerprint density at radius 2 is 1.58 bits per heavy atom. The summed E-state index contributed by atoms with van der Waals surface area (Å²) in [6.07, 6.45) is 1.39. The minimum absolute atomic E-state index is 0.00470. The van der Waals surface area contributed by atoms with Gasteiger partial charge in [0.25, 0.3) is 0 Å². The van der Waals surface area contributed by atoms with Crippen LogP contribution in [-0.2, 0) is 17.6 Å². The average molecular weight is 327 g/mol. The van der Waals surface area contributed by atoms with Crippen LogP contribution in [0.5, 0.6) is 11.5 Å². The minimum atomic E-state index is -0.0606. The van der Waals surface area contributed by atoms with Gasteiger partial charge in [-0.05, 0) is 48.7 Å². The van der Waals surface area contributed by atoms with E-state index >= 15 is 0 Å². The summed E-state index contributed by atoms with van der Waals surface area (Å²) >= 11 is 0. The molecule has 128 valence electrons. The molecule has 0 saturated heterocycles. The van der Waals surface area contributed by atoms with Gasteiger partial charge in [0, 0.05) is 0 Å². The molecule has 0 aliphatic carbocycles. The normalized spacial score (nSPS) is 11.6. The van der Waals surface area contributed by atoms with Crippen molar-refractivity contribution in [1.29, 1.82) is 0 Å². The van der Waals surface area contributed by atoms with E-state index in [1.807, 2.05) is 43.3 Å². The van der Waals surface area contributed by atoms with Crippen molar-refractivity contribution < 1.29 is 14.3 Å². The van der Waals surface area contributed by atoms with Crippen LogP contribution >= 0.6 is 0 Å². The Morgan fingerprint density at radius 3 is 2.17 bits per heavy atom. The van der Waals surface area contributed by atoms with E-state index < -0.39 is 0 Å². The molecule has 1 atom stereocenters. The van der Waals surface area contributed by atoms with E-state index in [-0.39, 0.29) is 11.9 Å². The molecule has 0 unspecified atom stereocenters. The predicted octanol–water partition coefficient (Wildman–Crippen LogP) is 3.38. The number of rotatable bonds is 8. The number of nitrogens with one attached hydrogen (secondary N) is 1. The molecule has 1 N–H and O–H groups in total. The van der Waals surface area contributed by atoms with E-state index in [4.69, 9.17) is 9.47 Å². The molecule has 0 saturated carbocycles. The quantitative estimate of drug-likeness (QED) is 0.808. The first kappa shape index (κ1) is 17.9. The average Bonchev–Trinajstić information content (AvgIpc) is 2.61. The van der Waals surface area contributed by atoms with E-state index in [0.717, 1.165) is 23.5 Å². The summed E-state index contributed by atoms with van der Waals surface area (Å²) in [6, 6.07) is 15.5. The monoisotopic (exact) mass is 327 g/mol. The van der Waals surface area contributed by atoms with Crippen LogP contribution in [0.15, 0.2) is 48.5 Å². The molecule has 0 fully saturated rings. The Hall–Kier alpha value is -2.49. The highest BCUT2D eigenvalue weighted by Gasteiger charge is 2.09. The summed E-state index contributed by atoms with van der Waals surface area (Å²) in [6.45, 7) is 4.47. The van der Waals surface area contributed by atoms with Gasteiger partial charge in [0.05, 0.1) is 19.6 Å². The highest BCUT2D eigenvalue weighted by molar-refractivity contribution is 5.78. The van der Waals surface area contributed by atoms with Gasteiger partial charge in [-0.15, -0.1) is 0 Å². The Bertz CT molecular complexity index is 635. The third-order valence-corrected chi connectivity index (χ3v) is 3.76. The molecular weight excluding hydrogens is 302 g/mol. The summed E-state index contributed by atoms with van der Waals surface area (Å²) < 4.78 is 10.8. The number of methoxy groups -OCH3 is 1. The first-order valence-electron chi connectivity index (χ1n) is 8.24. The first-order chi connectivity index (χ1) is 11.6. The molecule has 2 aromatic rings. The predicted molar refractivity (Wildman–Crippen MR) is 95.6 cm³/mol. The SMILES string of the molecule is CCc1ccc(CC(=O)N[C@H](C)COc2ccc(OC)cc2)cc1. The number of carbonyl (C=O) groups excluding carboxylic acids is 1. The third kappa shape index (κ3) is 5.61. The van der Waals surface area contributed by atoms with Gasteiger partial charge in [0.2, 0.25) is 5.91 Å². The molecule has 4 nitrogen and oxygen atoms in total. The molecular formula is C20H25NO3. The molecule has 0 radical (unpaired) electrons. The summed E-state index contributed by atoms with van der Waals surface area (Å²) in [4.78, 5) is 12.1. The van der Waals surface area contributed by atoms with Crippen LogP contribution in [0.3, 0.4) is 0 Å². The number of carbonyl (C=O) groups is 1. The van der Waals surface area contributed by atoms with Crippen molar-refractivity contribution in [2.45, 2.75) is 32.7 Å². The zero-order valence-electron chi connectivity index (χ0n) is 14.5. The van der Waals surface area contributed by atoms with Crippen LogP contribution in [0.4, 0.5) is 0 Å². The van der Waals surface area contributed by atoms with Gasteiger partial charge in [0.15, 0.2) is 0 Å². The lowest BCUT2D eigenvalue weighted by atomic mass is 10.1. The minimum Gasteiger partial charge on any atom is -0.497 e. The van der Waals surface area contributed by atoms with Crippen LogP contribution in [0, 0.1) is 0 Å². The molecule has 2 aromatic carbocycles. The lowest BCUT2D eigenvalue weighted by Gasteiger charge is -2.15. The van der Waals surface area contributed by atoms with Crippen LogP contribution in [-0.4, -0.2) is 25.7 Å². The van der Waals surface area contributed by atoms with Crippen LogP contribution in [0.2, 0.25) is 0 Å². The van der Waals surface area contributed by atoms with E-state index in [2.05, 4.69) is 24.4 Å². The smallest absolute Gasteiger partial charge is 0.224 e. The molecule has 0 aliphatic rings. The van der Waals surface area contributed by atoms with Crippen molar-refractivity contribution in [3.63, 3.8) is 0 Å². The zero-order valence-corrected chi connectivity index (χ0v) is 14.5. The van der Waals surface area contributed by atoms with Gasteiger partial charge in [-0.3, -0.25) is 4.79 Å². The second-order valence-corrected chi connectivity index (χ2v) is 5.80. The molecule has 0 bridgehead atoms. The van der Waals surface area contributed by atoms with E-state index in [1.54, 1.807) is 7.11 Å². The van der Waals surface area contributed by atoms with Gasteiger partial charge in [-0.25, -0.2) is 0 Å². The van der Waals surface area contributed by atoms with Gasteiger partial charge < -0.3 is 14.8 Å². The summed E-state index contributed by atoms with van der Waals surface area (Å²) in [5.74, 6) is 1.55. The number of hydrogen-bond acceptors (Lipinski definition) is 3. The molecule has 4 heteroatoms. The fraction of sp³-hybridized carbons (Fsp3) is 0.350. The molecule has 2 rings (SSSR count). The number of aryl methyl sites for hydroxylation is 1. The van der Waals surface area contributed by atoms with Gasteiger partial charge >= 0.3 is 0 Å². The maximum atomic E-state index is 12.1. The maximum absolute atomic E-state index is 12.1. The molecule has 0 heterocycles. The second-order valence-electron chi connectivity index (χ2n) is 5.80. The Balaban J connectivity index is 1.75. The van der Waals surface area contributed by atoms with Gasteiger partial charge in [-0.2, -0.15) is 0 Å². The van der Waals surface area contributed by atoms with Crippen molar-refractivity contribution in [1.82, 2.24) is 5.32 Å². The molecule has 24 heavy (non-hydrogen) atoms. The molecule has 0 aromatic heterocycles. The van der Waals surface area contributed by atoms with E-state index in [0.29, 0.717) is 13.0 Å². The van der Waals surface area contributed by atoms with Crippen LogP contribution < -0.4 is 14.8 Å². The van der Waals surface area contributed by atoms with Crippen molar-refractivity contribution in [3.05, 3.63) is 59.7 Å². The van der Waals surface area contributed by atoms with Crippen molar-refractivity contribution >= 4 is 5.91 Å². The van der Waals surface area contributed by atoms with E-state index in [9.17, 15) is 4.79 Å². The third-order valence-electron chi connectivity index (χ3n) is 3.76. The number of hydrogen-bond donors (Lipinski definition) is 1. The highest BCUT2D eigenvalue weighted by atomic mass is 16.5. The molecule has 0 spiro atoms. The van der Waals surface area contributed by atoms with Crippen LogP contribution in [0.1, 0.15) is 25.0 Å². The van der Waals surface area contributed by atoms with Crippen molar-refractivity contribution in [2.24, 2.45) is 0 Å². The Kier molecular flexibility index (Phi) is 6.67. The topological polar surface area (TPSA) is 47.6 Å². The standard InChI is InChI=1S/C20H25NO3/c1-4-16-5-7-17(8-6-16)13-20(22)21-15(2)14-24-19-11-9-18(23-3)10-12-19/h5-12,15H,4,13-14H2,1-3H3,(H,21,22)/t15-/m1/s1. The zero-order chi connectivity index (χ0) is 17.4. The Morgan fingerprint density at radius 1 is 1.00 bits per heavy atom. The lowest BCUT2D eigenvalue weighted by molar-refractivity contribution is -0.121. The summed E-state index contributed by atoms with van der Waals surface area (Å²) in [5, 5.41) is 2.96. The van der Waals surface area contributed by atoms with E-state index in [1.165, 1.54) is 5.56 Å². The second kappa shape index (κ2) is 8.96. The number of amides is 1. The van der Waals surface area contributed by atoms with Gasteiger partial charge in [-0.1, -0.05) is 31.2 Å². The van der Waals surface area contributed by atoms with Crippen molar-refractivity contribution in [2.75, 3.05) is 13.7 Å². The number of benzene rings is 2. The summed E-state index contributed by atoms with van der Waals surface area (Å²) in [7, 11) is 1.63. The highest BCUT2D eigenvalue weighted by Crippen LogP contribution is 2.17. The summed E-state index contributed by atoms with van der Waals surface area (Å²) in [5.41, 5.74) is 2.30. The number of ether oxygens (including phenoxy) is 2. The molecule has 0 aliphatic heterocycles. The maximum Gasteiger partial charge on any atom is 0.224 e. The fourth-order valence-corrected chi connectivity index (χ4v) is 2.34. The molecule has 1 amide bonds. The van der Waals surface area contributed by atoms with Crippen LogP contribution in [0.25, 0.3) is 0 Å².